The number of hydrogen-bond donors (Lipinski definition) is 1. The molecule has 5 rings (SSSR count). The van der Waals surface area contributed by atoms with Crippen molar-refractivity contribution in [2.24, 2.45) is 0 Å². The van der Waals surface area contributed by atoms with Crippen LogP contribution in [0.2, 0.25) is 0 Å². The summed E-state index contributed by atoms with van der Waals surface area (Å²) < 4.78 is 7.52. The van der Waals surface area contributed by atoms with Crippen LogP contribution < -0.4 is 0 Å². The van der Waals surface area contributed by atoms with E-state index in [1.165, 1.54) is 0 Å². The normalized spacial score (nSPS) is 10.8. The van der Waals surface area contributed by atoms with Gasteiger partial charge in [-0.1, -0.05) is 54.1 Å². The predicted molar refractivity (Wildman–Crippen MR) is 152 cm³/mol. The van der Waals surface area contributed by atoms with Gasteiger partial charge in [0.05, 0.1) is 34.0 Å². The molecule has 0 spiro atoms. The number of rotatable bonds is 8. The molecule has 0 aliphatic carbocycles. The van der Waals surface area contributed by atoms with Crippen LogP contribution in [-0.2, 0) is 24.3 Å². The number of carboxylic acids is 1. The summed E-state index contributed by atoms with van der Waals surface area (Å²) in [5.74, 6) is -1.54. The molecule has 4 aromatic carbocycles. The van der Waals surface area contributed by atoms with Gasteiger partial charge in [0.25, 0.3) is 0 Å². The third-order valence-electron chi connectivity index (χ3n) is 6.87. The first-order chi connectivity index (χ1) is 19.4. The Balaban J connectivity index is 1.59. The summed E-state index contributed by atoms with van der Waals surface area (Å²) in [5.41, 5.74) is 6.48. The fourth-order valence-electron chi connectivity index (χ4n) is 4.84. The molecule has 0 amide bonds. The number of aryl methyl sites for hydroxylation is 2. The number of carboxylic acid groups (broad SMARTS) is 1. The van der Waals surface area contributed by atoms with Gasteiger partial charge in [-0.25, -0.2) is 9.59 Å². The summed E-state index contributed by atoms with van der Waals surface area (Å²) in [6.45, 7) is 4.64. The molecular weight excluding hydrogens is 502 g/mol. The zero-order valence-electron chi connectivity index (χ0n) is 22.2. The highest BCUT2D eigenvalue weighted by atomic mass is 16.5. The first-order valence-corrected chi connectivity index (χ1v) is 13.0. The van der Waals surface area contributed by atoms with Crippen molar-refractivity contribution in [1.29, 1.82) is 5.26 Å². The molecule has 198 valence electrons. The van der Waals surface area contributed by atoms with E-state index in [2.05, 4.69) is 6.07 Å². The molecular formula is C33H27N3O4. The maximum absolute atomic E-state index is 13.3. The topological polar surface area (TPSA) is 105 Å². The standard InChI is InChI=1S/C33H27N3O4/c1-3-36-31-16-23(19-34)10-14-27(31)30(35-36)18-24-11-12-25(32(37)38)17-28(24)26-13-9-21(2)15-29(26)33(39)40-20-22-7-5-4-6-8-22/h4-17H,3,18,20H2,1-2H3,(H,37,38). The number of esters is 1. The lowest BCUT2D eigenvalue weighted by atomic mass is 9.90. The third kappa shape index (κ3) is 5.33. The van der Waals surface area contributed by atoms with Gasteiger partial charge in [0, 0.05) is 18.4 Å². The summed E-state index contributed by atoms with van der Waals surface area (Å²) in [6, 6.07) is 27.5. The lowest BCUT2D eigenvalue weighted by molar-refractivity contribution is 0.0473. The fourth-order valence-corrected chi connectivity index (χ4v) is 4.84. The van der Waals surface area contributed by atoms with E-state index in [0.29, 0.717) is 35.2 Å². The van der Waals surface area contributed by atoms with Crippen LogP contribution in [0.5, 0.6) is 0 Å². The van der Waals surface area contributed by atoms with Crippen molar-refractivity contribution in [3.8, 4) is 17.2 Å². The number of nitriles is 1. The van der Waals surface area contributed by atoms with Gasteiger partial charge in [-0.3, -0.25) is 4.68 Å². The Morgan fingerprint density at radius 3 is 2.50 bits per heavy atom. The van der Waals surface area contributed by atoms with Crippen LogP contribution in [0.1, 0.15) is 55.6 Å². The summed E-state index contributed by atoms with van der Waals surface area (Å²) in [6.07, 6.45) is 0.400. The number of fused-ring (bicyclic) bond motifs is 1. The molecule has 40 heavy (non-hydrogen) atoms. The molecule has 0 atom stereocenters. The molecule has 0 aliphatic heterocycles. The number of carbonyl (C=O) groups excluding carboxylic acids is 1. The van der Waals surface area contributed by atoms with Crippen molar-refractivity contribution >= 4 is 22.8 Å². The molecule has 5 aromatic rings. The molecule has 0 bridgehead atoms. The van der Waals surface area contributed by atoms with E-state index in [-0.39, 0.29) is 12.2 Å². The highest BCUT2D eigenvalue weighted by Gasteiger charge is 2.20. The molecule has 0 saturated carbocycles. The van der Waals surface area contributed by atoms with E-state index >= 15 is 0 Å². The van der Waals surface area contributed by atoms with Gasteiger partial charge in [-0.15, -0.1) is 0 Å². The van der Waals surface area contributed by atoms with E-state index in [0.717, 1.165) is 33.3 Å². The monoisotopic (exact) mass is 529 g/mol. The summed E-state index contributed by atoms with van der Waals surface area (Å²) in [7, 11) is 0. The predicted octanol–water partition coefficient (Wildman–Crippen LogP) is 6.55. The largest absolute Gasteiger partial charge is 0.478 e. The van der Waals surface area contributed by atoms with E-state index in [1.54, 1.807) is 30.3 Å². The zero-order valence-corrected chi connectivity index (χ0v) is 22.2. The zero-order chi connectivity index (χ0) is 28.2. The van der Waals surface area contributed by atoms with Crippen molar-refractivity contribution in [3.63, 3.8) is 0 Å². The van der Waals surface area contributed by atoms with Crippen LogP contribution in [0.15, 0.2) is 84.9 Å². The van der Waals surface area contributed by atoms with Gasteiger partial charge < -0.3 is 9.84 Å². The molecule has 7 heteroatoms. The Kier molecular flexibility index (Phi) is 7.43. The molecule has 1 aromatic heterocycles. The smallest absolute Gasteiger partial charge is 0.339 e. The summed E-state index contributed by atoms with van der Waals surface area (Å²) in [4.78, 5) is 25.3. The lowest BCUT2D eigenvalue weighted by Gasteiger charge is -2.15. The quantitative estimate of drug-likeness (QED) is 0.229. The maximum Gasteiger partial charge on any atom is 0.339 e. The summed E-state index contributed by atoms with van der Waals surface area (Å²) in [5, 5.41) is 24.8. The van der Waals surface area contributed by atoms with Gasteiger partial charge >= 0.3 is 11.9 Å². The highest BCUT2D eigenvalue weighted by molar-refractivity contribution is 5.99. The number of aromatic nitrogens is 2. The molecule has 1 N–H and O–H groups in total. The van der Waals surface area contributed by atoms with Gasteiger partial charge in [-0.05, 0) is 72.5 Å². The Morgan fingerprint density at radius 1 is 0.975 bits per heavy atom. The number of hydrogen-bond acceptors (Lipinski definition) is 5. The van der Waals surface area contributed by atoms with Gasteiger partial charge in [0.2, 0.25) is 0 Å². The number of carbonyl (C=O) groups is 2. The average Bonchev–Trinajstić information content (AvgIpc) is 3.33. The van der Waals surface area contributed by atoms with Crippen LogP contribution in [0, 0.1) is 18.3 Å². The Morgan fingerprint density at radius 2 is 1.77 bits per heavy atom. The van der Waals surface area contributed by atoms with Crippen LogP contribution in [0.4, 0.5) is 0 Å². The SMILES string of the molecule is CCn1nc(Cc2ccc(C(=O)O)cc2-c2ccc(C)cc2C(=O)OCc2ccccc2)c2ccc(C#N)cc21. The minimum Gasteiger partial charge on any atom is -0.478 e. The van der Waals surface area contributed by atoms with E-state index in [9.17, 15) is 20.0 Å². The molecule has 0 aliphatic rings. The Bertz CT molecular complexity index is 1780. The number of nitrogens with zero attached hydrogens (tertiary/aromatic N) is 3. The Labute approximate surface area is 231 Å². The molecule has 0 unspecified atom stereocenters. The number of aromatic carboxylic acids is 1. The maximum atomic E-state index is 13.3. The van der Waals surface area contributed by atoms with Crippen molar-refractivity contribution in [1.82, 2.24) is 9.78 Å². The van der Waals surface area contributed by atoms with Gasteiger partial charge in [-0.2, -0.15) is 10.4 Å². The minimum atomic E-state index is -1.06. The second-order valence-corrected chi connectivity index (χ2v) is 9.57. The van der Waals surface area contributed by atoms with Gasteiger partial charge in [0.1, 0.15) is 6.61 Å². The van der Waals surface area contributed by atoms with Crippen molar-refractivity contribution < 1.29 is 19.4 Å². The second kappa shape index (κ2) is 11.3. The van der Waals surface area contributed by atoms with Crippen molar-refractivity contribution in [2.75, 3.05) is 0 Å². The molecule has 7 nitrogen and oxygen atoms in total. The highest BCUT2D eigenvalue weighted by Crippen LogP contribution is 2.33. The second-order valence-electron chi connectivity index (χ2n) is 9.57. The van der Waals surface area contributed by atoms with Crippen LogP contribution in [-0.4, -0.2) is 26.8 Å². The molecule has 0 saturated heterocycles. The first kappa shape index (κ1) is 26.4. The summed E-state index contributed by atoms with van der Waals surface area (Å²) >= 11 is 0. The minimum absolute atomic E-state index is 0.116. The number of ether oxygens (including phenoxy) is 1. The van der Waals surface area contributed by atoms with Crippen molar-refractivity contribution in [2.45, 2.75) is 33.4 Å². The first-order valence-electron chi connectivity index (χ1n) is 13.0. The third-order valence-corrected chi connectivity index (χ3v) is 6.87. The van der Waals surface area contributed by atoms with Crippen LogP contribution in [0.25, 0.3) is 22.0 Å². The van der Waals surface area contributed by atoms with Gasteiger partial charge in [0.15, 0.2) is 0 Å². The van der Waals surface area contributed by atoms with E-state index in [1.807, 2.05) is 73.1 Å². The van der Waals surface area contributed by atoms with Crippen LogP contribution >= 0.6 is 0 Å². The number of benzene rings is 4. The Hall–Kier alpha value is -5.22. The lowest BCUT2D eigenvalue weighted by Crippen LogP contribution is -2.09. The molecule has 0 fully saturated rings. The average molecular weight is 530 g/mol. The van der Waals surface area contributed by atoms with E-state index < -0.39 is 11.9 Å². The van der Waals surface area contributed by atoms with Crippen LogP contribution in [0.3, 0.4) is 0 Å². The molecule has 0 radical (unpaired) electrons. The van der Waals surface area contributed by atoms with E-state index in [4.69, 9.17) is 9.84 Å². The molecule has 1 heterocycles. The fraction of sp³-hybridized carbons (Fsp3) is 0.152. The van der Waals surface area contributed by atoms with Crippen molar-refractivity contribution in [3.05, 3.63) is 124 Å².